The SMILES string of the molecule is CC(C)C1CC(C)(C)C1. The van der Waals surface area contributed by atoms with Crippen molar-refractivity contribution in [1.29, 1.82) is 0 Å². The zero-order chi connectivity index (χ0) is 7.07. The van der Waals surface area contributed by atoms with Crippen molar-refractivity contribution in [2.75, 3.05) is 0 Å². The maximum atomic E-state index is 2.37. The van der Waals surface area contributed by atoms with Crippen LogP contribution in [0.15, 0.2) is 0 Å². The Labute approximate surface area is 58.7 Å². The van der Waals surface area contributed by atoms with Crippen LogP contribution < -0.4 is 0 Å². The summed E-state index contributed by atoms with van der Waals surface area (Å²) in [5.74, 6) is 1.94. The van der Waals surface area contributed by atoms with Crippen LogP contribution in [-0.4, -0.2) is 0 Å². The average molecular weight is 126 g/mol. The summed E-state index contributed by atoms with van der Waals surface area (Å²) in [5.41, 5.74) is 0.676. The summed E-state index contributed by atoms with van der Waals surface area (Å²) in [5, 5.41) is 0. The van der Waals surface area contributed by atoms with Crippen molar-refractivity contribution >= 4 is 0 Å². The van der Waals surface area contributed by atoms with E-state index in [-0.39, 0.29) is 0 Å². The highest BCUT2D eigenvalue weighted by atomic mass is 14.4. The van der Waals surface area contributed by atoms with Crippen molar-refractivity contribution in [3.8, 4) is 0 Å². The van der Waals surface area contributed by atoms with Gasteiger partial charge in [-0.1, -0.05) is 27.7 Å². The van der Waals surface area contributed by atoms with Gasteiger partial charge in [-0.25, -0.2) is 0 Å². The molecular weight excluding hydrogens is 108 g/mol. The second kappa shape index (κ2) is 2.00. The molecule has 0 heteroatoms. The lowest BCUT2D eigenvalue weighted by Gasteiger charge is -2.45. The number of hydrogen-bond acceptors (Lipinski definition) is 0. The van der Waals surface area contributed by atoms with E-state index in [0.717, 1.165) is 11.8 Å². The summed E-state index contributed by atoms with van der Waals surface area (Å²) < 4.78 is 0. The van der Waals surface area contributed by atoms with Crippen LogP contribution in [0.3, 0.4) is 0 Å². The number of hydrogen-bond donors (Lipinski definition) is 0. The summed E-state index contributed by atoms with van der Waals surface area (Å²) in [6, 6.07) is 0. The normalized spacial score (nSPS) is 26.3. The van der Waals surface area contributed by atoms with Crippen LogP contribution >= 0.6 is 0 Å². The van der Waals surface area contributed by atoms with Crippen LogP contribution in [0.25, 0.3) is 0 Å². The van der Waals surface area contributed by atoms with Gasteiger partial charge in [0.2, 0.25) is 0 Å². The molecule has 0 aromatic carbocycles. The third-order valence-electron chi connectivity index (χ3n) is 2.57. The minimum Gasteiger partial charge on any atom is -0.0625 e. The molecule has 0 aromatic heterocycles. The monoisotopic (exact) mass is 126 g/mol. The molecule has 1 rings (SSSR count). The second-order valence-corrected chi connectivity index (χ2v) is 4.58. The average Bonchev–Trinajstić information content (AvgIpc) is 1.59. The van der Waals surface area contributed by atoms with Crippen molar-refractivity contribution in [2.24, 2.45) is 17.3 Å². The first kappa shape index (κ1) is 7.11. The quantitative estimate of drug-likeness (QED) is 0.506. The summed E-state index contributed by atoms with van der Waals surface area (Å²) in [6.45, 7) is 9.40. The fraction of sp³-hybridized carbons (Fsp3) is 1.00. The molecule has 0 aromatic rings. The van der Waals surface area contributed by atoms with Crippen molar-refractivity contribution in [3.05, 3.63) is 0 Å². The predicted octanol–water partition coefficient (Wildman–Crippen LogP) is 3.08. The summed E-state index contributed by atoms with van der Waals surface area (Å²) in [4.78, 5) is 0. The first-order valence-electron chi connectivity index (χ1n) is 4.01. The van der Waals surface area contributed by atoms with Crippen molar-refractivity contribution in [2.45, 2.75) is 40.5 Å². The van der Waals surface area contributed by atoms with E-state index >= 15 is 0 Å². The molecule has 0 atom stereocenters. The summed E-state index contributed by atoms with van der Waals surface area (Å²) >= 11 is 0. The Morgan fingerprint density at radius 2 is 1.67 bits per heavy atom. The first-order valence-corrected chi connectivity index (χ1v) is 4.01. The van der Waals surface area contributed by atoms with Gasteiger partial charge in [0, 0.05) is 0 Å². The van der Waals surface area contributed by atoms with Crippen LogP contribution in [0.2, 0.25) is 0 Å². The van der Waals surface area contributed by atoms with Gasteiger partial charge >= 0.3 is 0 Å². The van der Waals surface area contributed by atoms with Crippen LogP contribution in [-0.2, 0) is 0 Å². The van der Waals surface area contributed by atoms with Crippen molar-refractivity contribution in [1.82, 2.24) is 0 Å². The molecular formula is C9H18. The highest BCUT2D eigenvalue weighted by Crippen LogP contribution is 2.47. The van der Waals surface area contributed by atoms with Gasteiger partial charge in [-0.3, -0.25) is 0 Å². The topological polar surface area (TPSA) is 0 Å². The molecule has 1 saturated carbocycles. The van der Waals surface area contributed by atoms with Gasteiger partial charge in [-0.05, 0) is 30.1 Å². The molecule has 0 bridgehead atoms. The standard InChI is InChI=1S/C9H18/c1-7(2)8-5-9(3,4)6-8/h7-8H,5-6H2,1-4H3. The fourth-order valence-corrected chi connectivity index (χ4v) is 1.83. The Bertz CT molecular complexity index is 92.6. The van der Waals surface area contributed by atoms with Gasteiger partial charge in [-0.15, -0.1) is 0 Å². The molecule has 1 aliphatic rings. The van der Waals surface area contributed by atoms with Gasteiger partial charge in [0.05, 0.1) is 0 Å². The third kappa shape index (κ3) is 1.47. The maximum Gasteiger partial charge on any atom is -0.0349 e. The molecule has 0 heterocycles. The molecule has 0 N–H and O–H groups in total. The van der Waals surface area contributed by atoms with Gasteiger partial charge in [0.15, 0.2) is 0 Å². The molecule has 0 unspecified atom stereocenters. The minimum absolute atomic E-state index is 0.676. The van der Waals surface area contributed by atoms with E-state index < -0.39 is 0 Å². The second-order valence-electron chi connectivity index (χ2n) is 4.58. The molecule has 0 radical (unpaired) electrons. The Kier molecular flexibility index (Phi) is 1.58. The lowest BCUT2D eigenvalue weighted by molar-refractivity contribution is 0.0615. The molecule has 54 valence electrons. The Morgan fingerprint density at radius 3 is 1.78 bits per heavy atom. The zero-order valence-corrected chi connectivity index (χ0v) is 7.07. The Morgan fingerprint density at radius 1 is 1.22 bits per heavy atom. The molecule has 0 amide bonds. The van der Waals surface area contributed by atoms with Gasteiger partial charge in [-0.2, -0.15) is 0 Å². The molecule has 0 spiro atoms. The van der Waals surface area contributed by atoms with E-state index in [2.05, 4.69) is 27.7 Å². The zero-order valence-electron chi connectivity index (χ0n) is 7.07. The third-order valence-corrected chi connectivity index (χ3v) is 2.57. The highest BCUT2D eigenvalue weighted by Gasteiger charge is 2.37. The van der Waals surface area contributed by atoms with Gasteiger partial charge in [0.25, 0.3) is 0 Å². The van der Waals surface area contributed by atoms with Gasteiger partial charge < -0.3 is 0 Å². The van der Waals surface area contributed by atoms with E-state index in [0.29, 0.717) is 5.41 Å². The predicted molar refractivity (Wildman–Crippen MR) is 41.3 cm³/mol. The largest absolute Gasteiger partial charge is 0.0625 e. The minimum atomic E-state index is 0.676. The summed E-state index contributed by atoms with van der Waals surface area (Å²) in [6.07, 6.45) is 2.90. The Hall–Kier alpha value is 0. The van der Waals surface area contributed by atoms with E-state index in [1.807, 2.05) is 0 Å². The highest BCUT2D eigenvalue weighted by molar-refractivity contribution is 4.87. The summed E-state index contributed by atoms with van der Waals surface area (Å²) in [7, 11) is 0. The van der Waals surface area contributed by atoms with E-state index in [9.17, 15) is 0 Å². The van der Waals surface area contributed by atoms with Crippen LogP contribution in [0.1, 0.15) is 40.5 Å². The molecule has 0 aliphatic heterocycles. The smallest absolute Gasteiger partial charge is 0.0349 e. The maximum absolute atomic E-state index is 2.37. The van der Waals surface area contributed by atoms with E-state index in [1.165, 1.54) is 12.8 Å². The van der Waals surface area contributed by atoms with Crippen LogP contribution in [0.5, 0.6) is 0 Å². The van der Waals surface area contributed by atoms with Crippen LogP contribution in [0.4, 0.5) is 0 Å². The van der Waals surface area contributed by atoms with E-state index in [4.69, 9.17) is 0 Å². The Balaban J connectivity index is 2.27. The molecule has 0 saturated heterocycles. The van der Waals surface area contributed by atoms with Crippen molar-refractivity contribution in [3.63, 3.8) is 0 Å². The molecule has 1 aliphatic carbocycles. The number of rotatable bonds is 1. The molecule has 1 fully saturated rings. The molecule has 9 heavy (non-hydrogen) atoms. The van der Waals surface area contributed by atoms with Crippen LogP contribution in [0, 0.1) is 17.3 Å². The van der Waals surface area contributed by atoms with E-state index in [1.54, 1.807) is 0 Å². The molecule has 0 nitrogen and oxygen atoms in total. The first-order chi connectivity index (χ1) is 4.01. The van der Waals surface area contributed by atoms with Gasteiger partial charge in [0.1, 0.15) is 0 Å². The lowest BCUT2D eigenvalue weighted by Crippen LogP contribution is -2.34. The lowest BCUT2D eigenvalue weighted by atomic mass is 9.61. The van der Waals surface area contributed by atoms with Crippen molar-refractivity contribution < 1.29 is 0 Å². The fourth-order valence-electron chi connectivity index (χ4n) is 1.83.